The molecule has 3 aromatic rings. The van der Waals surface area contributed by atoms with E-state index in [0.717, 1.165) is 18.4 Å². The molecule has 2 aliphatic rings. The zero-order valence-corrected chi connectivity index (χ0v) is 22.5. The zero-order valence-electron chi connectivity index (χ0n) is 20.9. The minimum Gasteiger partial charge on any atom is -0.393 e. The molecular formula is C25H29ClN8O3S. The Hall–Kier alpha value is -3.08. The lowest BCUT2D eigenvalue weighted by Crippen LogP contribution is -2.43. The fourth-order valence-corrected chi connectivity index (χ4v) is 5.86. The summed E-state index contributed by atoms with van der Waals surface area (Å²) in [6, 6.07) is 6.14. The van der Waals surface area contributed by atoms with Crippen LogP contribution >= 0.6 is 11.6 Å². The van der Waals surface area contributed by atoms with E-state index in [1.54, 1.807) is 17.1 Å². The summed E-state index contributed by atoms with van der Waals surface area (Å²) in [7, 11) is -3.20. The second-order valence-electron chi connectivity index (χ2n) is 9.78. The average molecular weight is 557 g/mol. The van der Waals surface area contributed by atoms with Crippen molar-refractivity contribution in [2.75, 3.05) is 24.7 Å². The molecule has 5 rings (SSSR count). The van der Waals surface area contributed by atoms with Crippen LogP contribution in [0.3, 0.4) is 0 Å². The molecule has 1 aromatic carbocycles. The van der Waals surface area contributed by atoms with E-state index >= 15 is 0 Å². The maximum absolute atomic E-state index is 11.8. The molecule has 0 unspecified atom stereocenters. The van der Waals surface area contributed by atoms with Gasteiger partial charge in [-0.3, -0.25) is 0 Å². The van der Waals surface area contributed by atoms with E-state index < -0.39 is 10.0 Å². The summed E-state index contributed by atoms with van der Waals surface area (Å²) in [5, 5.41) is 21.1. The van der Waals surface area contributed by atoms with Gasteiger partial charge < -0.3 is 15.7 Å². The first-order valence-electron chi connectivity index (χ1n) is 12.4. The van der Waals surface area contributed by atoms with Crippen LogP contribution in [-0.2, 0) is 16.6 Å². The smallest absolute Gasteiger partial charge is 0.231 e. The van der Waals surface area contributed by atoms with Gasteiger partial charge >= 0.3 is 0 Å². The van der Waals surface area contributed by atoms with E-state index in [2.05, 4.69) is 30.5 Å². The minimum absolute atomic E-state index is 0.0310. The Balaban J connectivity index is 1.29. The largest absolute Gasteiger partial charge is 0.393 e. The van der Waals surface area contributed by atoms with Gasteiger partial charge in [0.1, 0.15) is 0 Å². The lowest BCUT2D eigenvalue weighted by Gasteiger charge is -2.32. The highest BCUT2D eigenvalue weighted by Crippen LogP contribution is 2.31. The van der Waals surface area contributed by atoms with Crippen molar-refractivity contribution in [2.24, 2.45) is 0 Å². The Bertz CT molecular complexity index is 1460. The third-order valence-electron chi connectivity index (χ3n) is 6.97. The number of hydrogen-bond donors (Lipinski definition) is 3. The predicted molar refractivity (Wildman–Crippen MR) is 145 cm³/mol. The molecule has 3 N–H and O–H groups in total. The van der Waals surface area contributed by atoms with Crippen molar-refractivity contribution in [3.05, 3.63) is 58.8 Å². The minimum atomic E-state index is -3.20. The van der Waals surface area contributed by atoms with Gasteiger partial charge in [0.15, 0.2) is 0 Å². The van der Waals surface area contributed by atoms with Crippen LogP contribution in [-0.4, -0.2) is 75.1 Å². The Labute approximate surface area is 226 Å². The van der Waals surface area contributed by atoms with Gasteiger partial charge in [0, 0.05) is 49.7 Å². The van der Waals surface area contributed by atoms with Crippen molar-refractivity contribution in [3.8, 4) is 16.9 Å². The topological polar surface area (TPSA) is 130 Å². The predicted octanol–water partition coefficient (Wildman–Crippen LogP) is 2.98. The number of rotatable bonds is 8. The number of aliphatic hydroxyl groups is 1. The van der Waals surface area contributed by atoms with Crippen LogP contribution < -0.4 is 10.6 Å². The molecule has 2 fully saturated rings. The Morgan fingerprint density at radius 2 is 1.97 bits per heavy atom. The molecule has 11 nitrogen and oxygen atoms in total. The fourth-order valence-electron chi connectivity index (χ4n) is 4.69. The standard InChI is InChI=1S/C25H29ClN8O3S/c1-27-22-14-29-25(31-18-5-7-33(8-6-18)38(2,36)37)32-24(22)17-13-30-34(15-17)23-4-3-16(9-21(23)26)12-28-19-10-20(35)11-19/h3-4,9,13-15,18-20,28,35H,5-8,10-12H2,2H3,(H,29,31,32). The summed E-state index contributed by atoms with van der Waals surface area (Å²) in [6.45, 7) is 9.11. The molecule has 0 atom stereocenters. The first kappa shape index (κ1) is 26.5. The Kier molecular flexibility index (Phi) is 7.65. The highest BCUT2D eigenvalue weighted by atomic mass is 35.5. The van der Waals surface area contributed by atoms with Gasteiger partial charge in [-0.15, -0.1) is 0 Å². The molecule has 1 aliphatic heterocycles. The molecule has 200 valence electrons. The summed E-state index contributed by atoms with van der Waals surface area (Å²) < 4.78 is 26.7. The number of hydrogen-bond acceptors (Lipinski definition) is 8. The molecule has 13 heteroatoms. The molecular weight excluding hydrogens is 528 g/mol. The number of piperidine rings is 1. The van der Waals surface area contributed by atoms with Crippen molar-refractivity contribution in [3.63, 3.8) is 0 Å². The van der Waals surface area contributed by atoms with E-state index in [9.17, 15) is 13.5 Å². The van der Waals surface area contributed by atoms with Gasteiger partial charge in [-0.2, -0.15) is 5.10 Å². The fraction of sp³-hybridized carbons (Fsp3) is 0.440. The third kappa shape index (κ3) is 5.98. The van der Waals surface area contributed by atoms with Gasteiger partial charge in [-0.25, -0.2) is 32.2 Å². The maximum Gasteiger partial charge on any atom is 0.231 e. The van der Waals surface area contributed by atoms with Gasteiger partial charge in [-0.1, -0.05) is 17.7 Å². The van der Waals surface area contributed by atoms with Gasteiger partial charge in [0.2, 0.25) is 21.7 Å². The Morgan fingerprint density at radius 1 is 1.21 bits per heavy atom. The van der Waals surface area contributed by atoms with Gasteiger partial charge in [0.25, 0.3) is 0 Å². The molecule has 0 spiro atoms. The van der Waals surface area contributed by atoms with Crippen molar-refractivity contribution in [1.82, 2.24) is 29.4 Å². The van der Waals surface area contributed by atoms with E-state index in [-0.39, 0.29) is 12.1 Å². The van der Waals surface area contributed by atoms with Gasteiger partial charge in [-0.05, 0) is 43.4 Å². The van der Waals surface area contributed by atoms with E-state index in [1.165, 1.54) is 16.8 Å². The van der Waals surface area contributed by atoms with Crippen LogP contribution in [0.2, 0.25) is 5.02 Å². The van der Waals surface area contributed by atoms with Crippen LogP contribution in [0.25, 0.3) is 21.8 Å². The molecule has 0 radical (unpaired) electrons. The number of halogens is 1. The van der Waals surface area contributed by atoms with Crippen molar-refractivity contribution in [2.45, 2.75) is 50.4 Å². The number of aromatic nitrogens is 4. The summed E-state index contributed by atoms with van der Waals surface area (Å²) in [5.74, 6) is 0.381. The second-order valence-corrected chi connectivity index (χ2v) is 12.2. The van der Waals surface area contributed by atoms with Crippen LogP contribution in [0.1, 0.15) is 31.2 Å². The quantitative estimate of drug-likeness (QED) is 0.361. The molecule has 1 saturated heterocycles. The summed E-state index contributed by atoms with van der Waals surface area (Å²) in [5.41, 5.74) is 3.15. The summed E-state index contributed by atoms with van der Waals surface area (Å²) in [6.07, 6.45) is 8.75. The molecule has 1 aliphatic carbocycles. The number of anilines is 1. The molecule has 38 heavy (non-hydrogen) atoms. The number of nitrogens with one attached hydrogen (secondary N) is 2. The summed E-state index contributed by atoms with van der Waals surface area (Å²) >= 11 is 6.58. The molecule has 1 saturated carbocycles. The molecule has 0 bridgehead atoms. The highest BCUT2D eigenvalue weighted by molar-refractivity contribution is 7.88. The van der Waals surface area contributed by atoms with Gasteiger partial charge in [0.05, 0.1) is 41.5 Å². The first-order chi connectivity index (χ1) is 18.2. The molecule has 0 amide bonds. The van der Waals surface area contributed by atoms with E-state index in [4.69, 9.17) is 18.2 Å². The van der Waals surface area contributed by atoms with Crippen LogP contribution in [0.4, 0.5) is 11.6 Å². The van der Waals surface area contributed by atoms with E-state index in [1.807, 2.05) is 18.2 Å². The Morgan fingerprint density at radius 3 is 2.63 bits per heavy atom. The number of nitrogens with zero attached hydrogens (tertiary/aromatic N) is 6. The number of aliphatic hydroxyl groups excluding tert-OH is 1. The highest BCUT2D eigenvalue weighted by Gasteiger charge is 2.27. The zero-order chi connectivity index (χ0) is 26.9. The molecule has 2 aromatic heterocycles. The monoisotopic (exact) mass is 556 g/mol. The van der Waals surface area contributed by atoms with Crippen LogP contribution in [0.15, 0.2) is 36.8 Å². The van der Waals surface area contributed by atoms with Crippen LogP contribution in [0, 0.1) is 6.57 Å². The van der Waals surface area contributed by atoms with Crippen molar-refractivity contribution >= 4 is 33.3 Å². The molecule has 3 heterocycles. The SMILES string of the molecule is [C-]#[N+]c1cnc(NC2CCN(S(C)(=O)=O)CC2)nc1-c1cnn(-c2ccc(CNC3CC(O)C3)cc2Cl)c1. The normalized spacial score (nSPS) is 20.6. The first-order valence-corrected chi connectivity index (χ1v) is 14.6. The average Bonchev–Trinajstić information content (AvgIpc) is 3.35. The van der Waals surface area contributed by atoms with Crippen molar-refractivity contribution in [1.29, 1.82) is 0 Å². The van der Waals surface area contributed by atoms with Crippen LogP contribution in [0.5, 0.6) is 0 Å². The lowest BCUT2D eigenvalue weighted by atomic mass is 9.89. The maximum atomic E-state index is 11.8. The second kappa shape index (κ2) is 11.0. The number of sulfonamides is 1. The summed E-state index contributed by atoms with van der Waals surface area (Å²) in [4.78, 5) is 12.5. The van der Waals surface area contributed by atoms with E-state index in [0.29, 0.717) is 72.1 Å². The third-order valence-corrected chi connectivity index (χ3v) is 8.57. The number of benzene rings is 1. The van der Waals surface area contributed by atoms with Crippen molar-refractivity contribution < 1.29 is 13.5 Å². The lowest BCUT2D eigenvalue weighted by molar-refractivity contribution is 0.0619.